The second-order valence-corrected chi connectivity index (χ2v) is 9.37. The fourth-order valence-corrected chi connectivity index (χ4v) is 3.61. The van der Waals surface area contributed by atoms with Crippen LogP contribution in [0.3, 0.4) is 0 Å². The van der Waals surface area contributed by atoms with E-state index in [1.54, 1.807) is 24.3 Å². The Morgan fingerprint density at radius 2 is 1.76 bits per heavy atom. The predicted molar refractivity (Wildman–Crippen MR) is 135 cm³/mol. The summed E-state index contributed by atoms with van der Waals surface area (Å²) in [6.07, 6.45) is 0. The van der Waals surface area contributed by atoms with Crippen LogP contribution in [-0.2, 0) is 5.41 Å². The Balaban J connectivity index is 1.44. The molecular formula is C26H25N3O3S. The minimum atomic E-state index is -0.310. The number of aromatic hydroxyl groups is 1. The topological polar surface area (TPSA) is 87.4 Å². The number of nitrogens with zero attached hydrogens (tertiary/aromatic N) is 1. The quantitative estimate of drug-likeness (QED) is 0.329. The molecule has 168 valence electrons. The molecule has 0 saturated carbocycles. The van der Waals surface area contributed by atoms with E-state index in [2.05, 4.69) is 36.4 Å². The highest BCUT2D eigenvalue weighted by Gasteiger charge is 2.16. The standard InChI is InChI=1S/C26H25N3O3S/c1-15-5-12-20-22(13-15)32-24(28-20)19-11-10-18(14-21(19)30)27-25(33)29-23(31)16-6-8-17(9-7-16)26(2,3)4/h5-14,30H,1-4H3,(H2,27,29,31,33). The maximum absolute atomic E-state index is 12.5. The number of rotatable bonds is 3. The molecule has 7 heteroatoms. The number of hydrogen-bond acceptors (Lipinski definition) is 5. The lowest BCUT2D eigenvalue weighted by Crippen LogP contribution is -2.34. The van der Waals surface area contributed by atoms with Crippen molar-refractivity contribution < 1.29 is 14.3 Å². The van der Waals surface area contributed by atoms with E-state index < -0.39 is 0 Å². The molecule has 33 heavy (non-hydrogen) atoms. The van der Waals surface area contributed by atoms with Gasteiger partial charge in [0.05, 0.1) is 5.56 Å². The van der Waals surface area contributed by atoms with Crippen LogP contribution in [0.15, 0.2) is 65.1 Å². The number of carbonyl (C=O) groups is 1. The van der Waals surface area contributed by atoms with E-state index in [4.69, 9.17) is 16.6 Å². The Bertz CT molecular complexity index is 1350. The molecule has 3 N–H and O–H groups in total. The van der Waals surface area contributed by atoms with Gasteiger partial charge in [0.2, 0.25) is 5.89 Å². The monoisotopic (exact) mass is 459 g/mol. The molecule has 1 heterocycles. The number of oxazole rings is 1. The second-order valence-electron chi connectivity index (χ2n) is 8.96. The molecule has 0 atom stereocenters. The van der Waals surface area contributed by atoms with Crippen LogP contribution < -0.4 is 10.6 Å². The Morgan fingerprint density at radius 1 is 1.03 bits per heavy atom. The summed E-state index contributed by atoms with van der Waals surface area (Å²) >= 11 is 5.27. The maximum atomic E-state index is 12.5. The lowest BCUT2D eigenvalue weighted by molar-refractivity contribution is 0.0977. The molecule has 0 aliphatic rings. The fraction of sp³-hybridized carbons (Fsp3) is 0.192. The van der Waals surface area contributed by atoms with Crippen LogP contribution in [0.2, 0.25) is 0 Å². The van der Waals surface area contributed by atoms with Crippen molar-refractivity contribution in [3.8, 4) is 17.2 Å². The molecule has 0 saturated heterocycles. The maximum Gasteiger partial charge on any atom is 0.257 e. The third kappa shape index (κ3) is 5.04. The molecule has 0 aliphatic heterocycles. The number of phenolic OH excluding ortho intramolecular Hbond substituents is 1. The Labute approximate surface area is 197 Å². The lowest BCUT2D eigenvalue weighted by atomic mass is 9.87. The molecule has 0 unspecified atom stereocenters. The van der Waals surface area contributed by atoms with Gasteiger partial charge in [-0.1, -0.05) is 39.0 Å². The van der Waals surface area contributed by atoms with Gasteiger partial charge in [-0.2, -0.15) is 0 Å². The van der Waals surface area contributed by atoms with Crippen LogP contribution >= 0.6 is 12.2 Å². The summed E-state index contributed by atoms with van der Waals surface area (Å²) in [6.45, 7) is 8.33. The van der Waals surface area contributed by atoms with Crippen molar-refractivity contribution >= 4 is 40.0 Å². The summed E-state index contributed by atoms with van der Waals surface area (Å²) in [5.74, 6) is -0.0000213. The molecule has 0 bridgehead atoms. The third-order valence-corrected chi connectivity index (χ3v) is 5.47. The van der Waals surface area contributed by atoms with Gasteiger partial charge >= 0.3 is 0 Å². The van der Waals surface area contributed by atoms with E-state index in [0.29, 0.717) is 28.3 Å². The zero-order chi connectivity index (χ0) is 23.8. The van der Waals surface area contributed by atoms with Crippen molar-refractivity contribution in [1.82, 2.24) is 10.3 Å². The van der Waals surface area contributed by atoms with Crippen molar-refractivity contribution in [2.75, 3.05) is 5.32 Å². The number of hydrogen-bond donors (Lipinski definition) is 3. The first-order valence-corrected chi connectivity index (χ1v) is 10.9. The Hall–Kier alpha value is -3.71. The minimum absolute atomic E-state index is 0.0108. The van der Waals surface area contributed by atoms with Gasteiger partial charge in [0, 0.05) is 17.3 Å². The first-order valence-electron chi connectivity index (χ1n) is 10.5. The average Bonchev–Trinajstić information content (AvgIpc) is 3.16. The van der Waals surface area contributed by atoms with Crippen LogP contribution in [0.25, 0.3) is 22.6 Å². The number of amides is 1. The number of thiocarbonyl (C=S) groups is 1. The number of benzene rings is 3. The lowest BCUT2D eigenvalue weighted by Gasteiger charge is -2.19. The SMILES string of the molecule is Cc1ccc2nc(-c3ccc(NC(=S)NC(=O)c4ccc(C(C)(C)C)cc4)cc3O)oc2c1. The number of fused-ring (bicyclic) bond motifs is 1. The van der Waals surface area contributed by atoms with Gasteiger partial charge in [-0.15, -0.1) is 0 Å². The van der Waals surface area contributed by atoms with E-state index in [-0.39, 0.29) is 22.2 Å². The number of aromatic nitrogens is 1. The van der Waals surface area contributed by atoms with Gasteiger partial charge in [-0.05, 0) is 72.1 Å². The molecule has 1 aromatic heterocycles. The second kappa shape index (κ2) is 8.67. The minimum Gasteiger partial charge on any atom is -0.507 e. The predicted octanol–water partition coefficient (Wildman–Crippen LogP) is 5.93. The Kier molecular flexibility index (Phi) is 5.91. The van der Waals surface area contributed by atoms with Crippen molar-refractivity contribution in [1.29, 1.82) is 0 Å². The van der Waals surface area contributed by atoms with Crippen molar-refractivity contribution in [2.45, 2.75) is 33.1 Å². The molecule has 1 amide bonds. The van der Waals surface area contributed by atoms with Gasteiger partial charge < -0.3 is 14.8 Å². The molecular weight excluding hydrogens is 434 g/mol. The first kappa shape index (κ1) is 22.5. The zero-order valence-corrected chi connectivity index (χ0v) is 19.7. The molecule has 6 nitrogen and oxygen atoms in total. The highest BCUT2D eigenvalue weighted by molar-refractivity contribution is 7.80. The van der Waals surface area contributed by atoms with Crippen molar-refractivity contribution in [3.05, 3.63) is 77.4 Å². The van der Waals surface area contributed by atoms with Gasteiger partial charge in [0.1, 0.15) is 11.3 Å². The highest BCUT2D eigenvalue weighted by Crippen LogP contribution is 2.33. The van der Waals surface area contributed by atoms with E-state index in [0.717, 1.165) is 16.6 Å². The molecule has 3 aromatic carbocycles. The zero-order valence-electron chi connectivity index (χ0n) is 18.9. The smallest absolute Gasteiger partial charge is 0.257 e. The van der Waals surface area contributed by atoms with Crippen molar-refractivity contribution in [3.63, 3.8) is 0 Å². The molecule has 4 aromatic rings. The van der Waals surface area contributed by atoms with E-state index in [9.17, 15) is 9.90 Å². The van der Waals surface area contributed by atoms with Gasteiger partial charge in [0.25, 0.3) is 5.91 Å². The summed E-state index contributed by atoms with van der Waals surface area (Å²) in [6, 6.07) is 18.1. The number of carbonyl (C=O) groups excluding carboxylic acids is 1. The molecule has 0 fully saturated rings. The van der Waals surface area contributed by atoms with Crippen LogP contribution in [0.1, 0.15) is 42.3 Å². The Morgan fingerprint density at radius 3 is 2.42 bits per heavy atom. The first-order chi connectivity index (χ1) is 15.6. The summed E-state index contributed by atoms with van der Waals surface area (Å²) in [4.78, 5) is 17.0. The van der Waals surface area contributed by atoms with Gasteiger partial charge in [-0.25, -0.2) is 4.98 Å². The number of anilines is 1. The highest BCUT2D eigenvalue weighted by atomic mass is 32.1. The van der Waals surface area contributed by atoms with Gasteiger partial charge in [0.15, 0.2) is 10.7 Å². The van der Waals surface area contributed by atoms with Gasteiger partial charge in [-0.3, -0.25) is 10.1 Å². The normalized spacial score (nSPS) is 11.4. The number of phenols is 1. The van der Waals surface area contributed by atoms with Crippen molar-refractivity contribution in [2.24, 2.45) is 0 Å². The summed E-state index contributed by atoms with van der Waals surface area (Å²) in [5.41, 5.74) is 5.09. The summed E-state index contributed by atoms with van der Waals surface area (Å²) in [5, 5.41) is 16.2. The van der Waals surface area contributed by atoms with E-state index >= 15 is 0 Å². The van der Waals surface area contributed by atoms with Crippen LogP contribution in [0.4, 0.5) is 5.69 Å². The summed E-state index contributed by atoms with van der Waals surface area (Å²) in [7, 11) is 0. The third-order valence-electron chi connectivity index (χ3n) is 5.27. The van der Waals surface area contributed by atoms with E-state index in [1.807, 2.05) is 37.3 Å². The number of nitrogens with one attached hydrogen (secondary N) is 2. The molecule has 0 spiro atoms. The molecule has 0 radical (unpaired) electrons. The molecule has 0 aliphatic carbocycles. The average molecular weight is 460 g/mol. The van der Waals surface area contributed by atoms with Crippen LogP contribution in [0, 0.1) is 6.92 Å². The van der Waals surface area contributed by atoms with Crippen LogP contribution in [-0.4, -0.2) is 21.1 Å². The summed E-state index contributed by atoms with van der Waals surface area (Å²) < 4.78 is 5.79. The molecule has 4 rings (SSSR count). The largest absolute Gasteiger partial charge is 0.507 e. The fourth-order valence-electron chi connectivity index (χ4n) is 3.40. The van der Waals surface area contributed by atoms with E-state index in [1.165, 1.54) is 6.07 Å². The van der Waals surface area contributed by atoms with Crippen LogP contribution in [0.5, 0.6) is 5.75 Å². The number of aryl methyl sites for hydroxylation is 1.